The van der Waals surface area contributed by atoms with Crippen LogP contribution in [0.5, 0.6) is 0 Å². The zero-order valence-corrected chi connectivity index (χ0v) is 13.3. The molecule has 0 saturated heterocycles. The van der Waals surface area contributed by atoms with E-state index in [1.54, 1.807) is 6.20 Å². The molecule has 114 valence electrons. The summed E-state index contributed by atoms with van der Waals surface area (Å²) in [5.74, 6) is 0.544. The van der Waals surface area contributed by atoms with Crippen LogP contribution < -0.4 is 5.73 Å². The third kappa shape index (κ3) is 4.31. The van der Waals surface area contributed by atoms with Gasteiger partial charge in [-0.05, 0) is 24.0 Å². The molecule has 2 N–H and O–H groups in total. The molecule has 0 fully saturated rings. The van der Waals surface area contributed by atoms with E-state index in [4.69, 9.17) is 5.73 Å². The molecule has 0 aliphatic heterocycles. The van der Waals surface area contributed by atoms with Crippen molar-refractivity contribution in [2.24, 2.45) is 5.41 Å². The fourth-order valence-corrected chi connectivity index (χ4v) is 2.69. The maximum absolute atomic E-state index is 5.78. The topological polar surface area (TPSA) is 56.7 Å². The highest BCUT2D eigenvalue weighted by Crippen LogP contribution is 2.29. The van der Waals surface area contributed by atoms with Crippen LogP contribution in [0, 0.1) is 5.41 Å². The lowest BCUT2D eigenvalue weighted by molar-refractivity contribution is 0.272. The maximum atomic E-state index is 5.78. The van der Waals surface area contributed by atoms with Gasteiger partial charge in [0.25, 0.3) is 0 Å². The Morgan fingerprint density at radius 3 is 2.81 bits per heavy atom. The first-order chi connectivity index (χ1) is 10.0. The Kier molecular flexibility index (Phi) is 4.99. The van der Waals surface area contributed by atoms with Gasteiger partial charge in [-0.3, -0.25) is 0 Å². The van der Waals surface area contributed by atoms with Crippen LogP contribution in [-0.4, -0.2) is 14.5 Å². The number of nitrogen functional groups attached to an aromatic ring is 1. The third-order valence-corrected chi connectivity index (χ3v) is 3.84. The zero-order chi connectivity index (χ0) is 15.3. The Labute approximate surface area is 127 Å². The molecule has 0 radical (unpaired) electrons. The molecule has 21 heavy (non-hydrogen) atoms. The van der Waals surface area contributed by atoms with E-state index in [1.807, 2.05) is 24.7 Å². The lowest BCUT2D eigenvalue weighted by atomic mass is 9.86. The molecular formula is C17H26N4. The van der Waals surface area contributed by atoms with Gasteiger partial charge >= 0.3 is 0 Å². The first kappa shape index (κ1) is 15.5. The standard InChI is InChI=1S/C17H26N4/c1-4-5-6-8-17(2,3)12-21-13-19-11-15(21)14-7-9-20-16(18)10-14/h7,9-11,13H,4-6,8,12H2,1-3H3,(H2,18,20). The van der Waals surface area contributed by atoms with Crippen LogP contribution in [0.25, 0.3) is 11.3 Å². The summed E-state index contributed by atoms with van der Waals surface area (Å²) in [6.45, 7) is 7.86. The normalized spacial score (nSPS) is 11.8. The molecule has 4 heteroatoms. The molecule has 2 heterocycles. The molecule has 0 unspecified atom stereocenters. The first-order valence-corrected chi connectivity index (χ1v) is 7.74. The predicted octanol–water partition coefficient (Wildman–Crippen LogP) is 4.13. The number of nitrogens with two attached hydrogens (primary N) is 1. The SMILES string of the molecule is CCCCCC(C)(C)Cn1cncc1-c1ccnc(N)c1. The molecule has 0 bridgehead atoms. The number of rotatable bonds is 7. The van der Waals surface area contributed by atoms with Crippen molar-refractivity contribution < 1.29 is 0 Å². The summed E-state index contributed by atoms with van der Waals surface area (Å²) >= 11 is 0. The quantitative estimate of drug-likeness (QED) is 0.778. The van der Waals surface area contributed by atoms with E-state index < -0.39 is 0 Å². The molecule has 2 aromatic rings. The van der Waals surface area contributed by atoms with Gasteiger partial charge in [0.15, 0.2) is 0 Å². The van der Waals surface area contributed by atoms with Crippen molar-refractivity contribution in [2.75, 3.05) is 5.73 Å². The minimum absolute atomic E-state index is 0.267. The molecule has 0 aromatic carbocycles. The molecular weight excluding hydrogens is 260 g/mol. The van der Waals surface area contributed by atoms with Crippen LogP contribution >= 0.6 is 0 Å². The van der Waals surface area contributed by atoms with Crippen LogP contribution in [0.4, 0.5) is 5.82 Å². The summed E-state index contributed by atoms with van der Waals surface area (Å²) in [6.07, 6.45) is 10.6. The first-order valence-electron chi connectivity index (χ1n) is 7.74. The third-order valence-electron chi connectivity index (χ3n) is 3.84. The summed E-state index contributed by atoms with van der Waals surface area (Å²) in [6, 6.07) is 3.88. The zero-order valence-electron chi connectivity index (χ0n) is 13.3. The highest BCUT2D eigenvalue weighted by molar-refractivity contribution is 5.61. The van der Waals surface area contributed by atoms with Gasteiger partial charge < -0.3 is 10.3 Å². The molecule has 2 aromatic heterocycles. The maximum Gasteiger partial charge on any atom is 0.123 e. The van der Waals surface area contributed by atoms with Crippen LogP contribution in [0.15, 0.2) is 30.9 Å². The fraction of sp³-hybridized carbons (Fsp3) is 0.529. The molecule has 4 nitrogen and oxygen atoms in total. The molecule has 0 amide bonds. The number of hydrogen-bond donors (Lipinski definition) is 1. The molecule has 0 aliphatic rings. The second-order valence-electron chi connectivity index (χ2n) is 6.50. The van der Waals surface area contributed by atoms with Crippen molar-refractivity contribution in [1.29, 1.82) is 0 Å². The second kappa shape index (κ2) is 6.74. The Bertz CT molecular complexity index is 572. The summed E-state index contributed by atoms with van der Waals surface area (Å²) in [7, 11) is 0. The van der Waals surface area contributed by atoms with Gasteiger partial charge in [0.2, 0.25) is 0 Å². The van der Waals surface area contributed by atoms with E-state index in [2.05, 4.69) is 35.3 Å². The van der Waals surface area contributed by atoms with Crippen molar-refractivity contribution in [3.8, 4) is 11.3 Å². The smallest absolute Gasteiger partial charge is 0.123 e. The lowest BCUT2D eigenvalue weighted by Gasteiger charge is -2.26. The minimum Gasteiger partial charge on any atom is -0.384 e. The second-order valence-corrected chi connectivity index (χ2v) is 6.50. The van der Waals surface area contributed by atoms with Crippen LogP contribution in [-0.2, 0) is 6.54 Å². The number of aromatic nitrogens is 3. The van der Waals surface area contributed by atoms with Crippen LogP contribution in [0.2, 0.25) is 0 Å². The van der Waals surface area contributed by atoms with Crippen molar-refractivity contribution in [2.45, 2.75) is 53.0 Å². The van der Waals surface area contributed by atoms with Gasteiger partial charge in [-0.1, -0.05) is 40.0 Å². The summed E-state index contributed by atoms with van der Waals surface area (Å²) < 4.78 is 2.22. The molecule has 0 atom stereocenters. The summed E-state index contributed by atoms with van der Waals surface area (Å²) in [4.78, 5) is 8.36. The fourth-order valence-electron chi connectivity index (χ4n) is 2.69. The van der Waals surface area contributed by atoms with Crippen molar-refractivity contribution in [3.05, 3.63) is 30.9 Å². The minimum atomic E-state index is 0.267. The summed E-state index contributed by atoms with van der Waals surface area (Å²) in [5.41, 5.74) is 8.23. The van der Waals surface area contributed by atoms with Crippen LogP contribution in [0.3, 0.4) is 0 Å². The Morgan fingerprint density at radius 2 is 2.10 bits per heavy atom. The molecule has 0 saturated carbocycles. The molecule has 0 aliphatic carbocycles. The number of hydrogen-bond acceptors (Lipinski definition) is 3. The predicted molar refractivity (Wildman–Crippen MR) is 87.8 cm³/mol. The van der Waals surface area contributed by atoms with Gasteiger partial charge in [-0.25, -0.2) is 9.97 Å². The van der Waals surface area contributed by atoms with E-state index in [0.29, 0.717) is 5.82 Å². The van der Waals surface area contributed by atoms with E-state index in [-0.39, 0.29) is 5.41 Å². The van der Waals surface area contributed by atoms with Crippen LogP contribution in [0.1, 0.15) is 46.5 Å². The summed E-state index contributed by atoms with van der Waals surface area (Å²) in [5, 5.41) is 0. The average molecular weight is 286 g/mol. The van der Waals surface area contributed by atoms with Gasteiger partial charge in [0, 0.05) is 18.3 Å². The monoisotopic (exact) mass is 286 g/mol. The Balaban J connectivity index is 2.13. The largest absolute Gasteiger partial charge is 0.384 e. The Morgan fingerprint density at radius 1 is 1.29 bits per heavy atom. The Hall–Kier alpha value is -1.84. The van der Waals surface area contributed by atoms with E-state index in [1.165, 1.54) is 25.7 Å². The highest BCUT2D eigenvalue weighted by Gasteiger charge is 2.19. The average Bonchev–Trinajstić information content (AvgIpc) is 2.86. The van der Waals surface area contributed by atoms with E-state index in [0.717, 1.165) is 17.8 Å². The number of anilines is 1. The number of pyridine rings is 1. The molecule has 0 spiro atoms. The number of nitrogens with zero attached hydrogens (tertiary/aromatic N) is 3. The van der Waals surface area contributed by atoms with Gasteiger partial charge in [-0.2, -0.15) is 0 Å². The number of imidazole rings is 1. The lowest BCUT2D eigenvalue weighted by Crippen LogP contribution is -2.19. The van der Waals surface area contributed by atoms with Gasteiger partial charge in [-0.15, -0.1) is 0 Å². The highest BCUT2D eigenvalue weighted by atomic mass is 15.1. The van der Waals surface area contributed by atoms with Gasteiger partial charge in [0.05, 0.1) is 18.2 Å². The van der Waals surface area contributed by atoms with E-state index in [9.17, 15) is 0 Å². The van der Waals surface area contributed by atoms with Gasteiger partial charge in [0.1, 0.15) is 5.82 Å². The number of unbranched alkanes of at least 4 members (excludes halogenated alkanes) is 2. The van der Waals surface area contributed by atoms with Crippen molar-refractivity contribution in [1.82, 2.24) is 14.5 Å². The van der Waals surface area contributed by atoms with Crippen molar-refractivity contribution in [3.63, 3.8) is 0 Å². The molecule has 2 rings (SSSR count). The van der Waals surface area contributed by atoms with Crippen molar-refractivity contribution >= 4 is 5.82 Å². The van der Waals surface area contributed by atoms with E-state index >= 15 is 0 Å².